The summed E-state index contributed by atoms with van der Waals surface area (Å²) >= 11 is 0. The number of carbonyl (C=O) groups excluding carboxylic acids is 2. The maximum Gasteiger partial charge on any atom is 0.407 e. The van der Waals surface area contributed by atoms with Crippen LogP contribution < -0.4 is 5.32 Å². The van der Waals surface area contributed by atoms with Gasteiger partial charge in [0.15, 0.2) is 0 Å². The molecule has 0 fully saturated rings. The Kier molecular flexibility index (Phi) is 7.15. The third-order valence-corrected chi connectivity index (χ3v) is 6.55. The summed E-state index contributed by atoms with van der Waals surface area (Å²) in [6, 6.07) is 23.6. The molecule has 7 heteroatoms. The van der Waals surface area contributed by atoms with Crippen LogP contribution in [0.5, 0.6) is 0 Å². The number of carbonyl (C=O) groups is 3. The van der Waals surface area contributed by atoms with Crippen LogP contribution in [0.4, 0.5) is 4.79 Å². The van der Waals surface area contributed by atoms with Gasteiger partial charge in [0.2, 0.25) is 5.91 Å². The molecular formula is C28H28N2O5. The normalized spacial score (nSPS) is 13.8. The molecule has 3 aromatic rings. The van der Waals surface area contributed by atoms with Crippen LogP contribution in [0, 0.1) is 0 Å². The van der Waals surface area contributed by atoms with Crippen molar-refractivity contribution < 1.29 is 24.2 Å². The summed E-state index contributed by atoms with van der Waals surface area (Å²) in [5.74, 6) is -1.57. The molecule has 2 unspecified atom stereocenters. The van der Waals surface area contributed by atoms with Gasteiger partial charge in [-0.15, -0.1) is 0 Å². The standard InChI is InChI=1S/C28H28N2O5/c1-18(27(32)33)30(2)26(31)16-25(19-10-4-3-5-11-19)29-28(34)35-17-24-22-14-8-6-12-20(22)21-13-7-9-15-23(21)24/h3-15,18,24-25H,16-17H2,1-2H3,(H,29,34)(H,32,33). The number of carboxylic acid groups (broad SMARTS) is 1. The first-order valence-electron chi connectivity index (χ1n) is 11.5. The van der Waals surface area contributed by atoms with Gasteiger partial charge >= 0.3 is 12.1 Å². The molecule has 1 aliphatic carbocycles. The number of hydrogen-bond donors (Lipinski definition) is 2. The fourth-order valence-electron chi connectivity index (χ4n) is 4.42. The summed E-state index contributed by atoms with van der Waals surface area (Å²) in [5, 5.41) is 12.0. The van der Waals surface area contributed by atoms with Gasteiger partial charge in [-0.25, -0.2) is 9.59 Å². The highest BCUT2D eigenvalue weighted by atomic mass is 16.5. The molecule has 2 N–H and O–H groups in total. The zero-order valence-corrected chi connectivity index (χ0v) is 19.7. The first-order chi connectivity index (χ1) is 16.9. The lowest BCUT2D eigenvalue weighted by Crippen LogP contribution is -2.42. The maximum atomic E-state index is 12.8. The summed E-state index contributed by atoms with van der Waals surface area (Å²) in [4.78, 5) is 38.1. The van der Waals surface area contributed by atoms with E-state index in [0.717, 1.165) is 32.7 Å². The van der Waals surface area contributed by atoms with E-state index in [9.17, 15) is 19.5 Å². The number of alkyl carbamates (subject to hydrolysis) is 1. The van der Waals surface area contributed by atoms with Crippen molar-refractivity contribution in [3.8, 4) is 11.1 Å². The van der Waals surface area contributed by atoms with Crippen molar-refractivity contribution in [1.29, 1.82) is 0 Å². The first kappa shape index (κ1) is 24.0. The van der Waals surface area contributed by atoms with Gasteiger partial charge in [-0.1, -0.05) is 78.9 Å². The van der Waals surface area contributed by atoms with E-state index in [2.05, 4.69) is 17.4 Å². The average molecular weight is 473 g/mol. The molecule has 2 amide bonds. The van der Waals surface area contributed by atoms with Crippen LogP contribution in [0.25, 0.3) is 11.1 Å². The smallest absolute Gasteiger partial charge is 0.407 e. The Balaban J connectivity index is 1.46. The molecule has 1 aliphatic rings. The topological polar surface area (TPSA) is 95.9 Å². The highest BCUT2D eigenvalue weighted by Gasteiger charge is 2.30. The Morgan fingerprint density at radius 2 is 1.46 bits per heavy atom. The van der Waals surface area contributed by atoms with E-state index in [4.69, 9.17) is 4.74 Å². The Bertz CT molecular complexity index is 1180. The van der Waals surface area contributed by atoms with E-state index in [1.165, 1.54) is 14.0 Å². The molecule has 0 bridgehead atoms. The minimum absolute atomic E-state index is 0.0764. The minimum Gasteiger partial charge on any atom is -0.480 e. The van der Waals surface area contributed by atoms with Crippen LogP contribution in [0.2, 0.25) is 0 Å². The van der Waals surface area contributed by atoms with Crippen LogP contribution in [0.1, 0.15) is 42.0 Å². The second kappa shape index (κ2) is 10.4. The lowest BCUT2D eigenvalue weighted by Gasteiger charge is -2.25. The summed E-state index contributed by atoms with van der Waals surface area (Å²) in [7, 11) is 1.44. The third-order valence-electron chi connectivity index (χ3n) is 6.55. The first-order valence-corrected chi connectivity index (χ1v) is 11.5. The number of amides is 2. The highest BCUT2D eigenvalue weighted by molar-refractivity contribution is 5.84. The molecule has 35 heavy (non-hydrogen) atoms. The zero-order valence-electron chi connectivity index (χ0n) is 19.7. The number of carboxylic acids is 1. The van der Waals surface area contributed by atoms with Gasteiger partial charge in [0.25, 0.3) is 0 Å². The van der Waals surface area contributed by atoms with E-state index in [1.54, 1.807) is 0 Å². The summed E-state index contributed by atoms with van der Waals surface area (Å²) in [6.07, 6.45) is -0.732. The lowest BCUT2D eigenvalue weighted by molar-refractivity contribution is -0.148. The third kappa shape index (κ3) is 5.19. The van der Waals surface area contributed by atoms with Crippen LogP contribution >= 0.6 is 0 Å². The molecule has 4 rings (SSSR count). The number of aliphatic carboxylic acids is 1. The molecule has 7 nitrogen and oxygen atoms in total. The van der Waals surface area contributed by atoms with Crippen molar-refractivity contribution in [2.45, 2.75) is 31.3 Å². The molecule has 3 aromatic carbocycles. The van der Waals surface area contributed by atoms with Gasteiger partial charge in [0.1, 0.15) is 12.6 Å². The molecule has 180 valence electrons. The monoisotopic (exact) mass is 472 g/mol. The van der Waals surface area contributed by atoms with Gasteiger partial charge in [-0.2, -0.15) is 0 Å². The van der Waals surface area contributed by atoms with Gasteiger partial charge in [-0.05, 0) is 34.7 Å². The molecule has 0 radical (unpaired) electrons. The molecule has 2 atom stereocenters. The van der Waals surface area contributed by atoms with Gasteiger partial charge in [0, 0.05) is 13.0 Å². The Labute approximate surface area is 204 Å². The van der Waals surface area contributed by atoms with Crippen molar-refractivity contribution in [2.75, 3.05) is 13.7 Å². The molecule has 0 aliphatic heterocycles. The van der Waals surface area contributed by atoms with Crippen LogP contribution in [0.3, 0.4) is 0 Å². The number of benzene rings is 3. The largest absolute Gasteiger partial charge is 0.480 e. The molecule has 0 aromatic heterocycles. The van der Waals surface area contributed by atoms with Crippen molar-refractivity contribution in [3.05, 3.63) is 95.6 Å². The predicted octanol–water partition coefficient (Wildman–Crippen LogP) is 4.59. The maximum absolute atomic E-state index is 12.8. The second-order valence-electron chi connectivity index (χ2n) is 8.66. The quantitative estimate of drug-likeness (QED) is 0.500. The van der Waals surface area contributed by atoms with Gasteiger partial charge in [-0.3, -0.25) is 4.79 Å². The van der Waals surface area contributed by atoms with Crippen molar-refractivity contribution in [3.63, 3.8) is 0 Å². The second-order valence-corrected chi connectivity index (χ2v) is 8.66. The van der Waals surface area contributed by atoms with Crippen LogP contribution in [-0.4, -0.2) is 47.7 Å². The molecule has 0 spiro atoms. The fourth-order valence-corrected chi connectivity index (χ4v) is 4.42. The number of rotatable bonds is 8. The number of nitrogens with one attached hydrogen (secondary N) is 1. The van der Waals surface area contributed by atoms with E-state index in [-0.39, 0.29) is 18.9 Å². The van der Waals surface area contributed by atoms with Crippen molar-refractivity contribution in [2.24, 2.45) is 0 Å². The summed E-state index contributed by atoms with van der Waals surface area (Å²) < 4.78 is 5.65. The van der Waals surface area contributed by atoms with Gasteiger partial charge in [0.05, 0.1) is 12.5 Å². The van der Waals surface area contributed by atoms with Crippen molar-refractivity contribution >= 4 is 18.0 Å². The Morgan fingerprint density at radius 3 is 2.03 bits per heavy atom. The highest BCUT2D eigenvalue weighted by Crippen LogP contribution is 2.44. The number of fused-ring (bicyclic) bond motifs is 3. The average Bonchev–Trinajstić information content (AvgIpc) is 3.20. The van der Waals surface area contributed by atoms with E-state index in [1.807, 2.05) is 66.7 Å². The predicted molar refractivity (Wildman–Crippen MR) is 132 cm³/mol. The SMILES string of the molecule is CC(C(=O)O)N(C)C(=O)CC(NC(=O)OCC1c2ccccc2-c2ccccc21)c1ccccc1. The van der Waals surface area contributed by atoms with E-state index in [0.29, 0.717) is 0 Å². The summed E-state index contributed by atoms with van der Waals surface area (Å²) in [5.41, 5.74) is 5.23. The zero-order chi connectivity index (χ0) is 24.9. The molecule has 0 saturated heterocycles. The molecule has 0 heterocycles. The Morgan fingerprint density at radius 1 is 0.914 bits per heavy atom. The number of likely N-dealkylation sites (N-methyl/N-ethyl adjacent to an activating group) is 1. The molecular weight excluding hydrogens is 444 g/mol. The number of hydrogen-bond acceptors (Lipinski definition) is 4. The van der Waals surface area contributed by atoms with Crippen molar-refractivity contribution in [1.82, 2.24) is 10.2 Å². The lowest BCUT2D eigenvalue weighted by atomic mass is 9.98. The summed E-state index contributed by atoms with van der Waals surface area (Å²) in [6.45, 7) is 1.60. The van der Waals surface area contributed by atoms with Gasteiger partial charge < -0.3 is 20.1 Å². The number of ether oxygens (including phenoxy) is 1. The fraction of sp³-hybridized carbons (Fsp3) is 0.250. The molecule has 0 saturated carbocycles. The minimum atomic E-state index is -1.10. The Hall–Kier alpha value is -4.13. The van der Waals surface area contributed by atoms with E-state index >= 15 is 0 Å². The number of nitrogens with zero attached hydrogens (tertiary/aromatic N) is 1. The van der Waals surface area contributed by atoms with E-state index < -0.39 is 30.1 Å². The van der Waals surface area contributed by atoms with Crippen LogP contribution in [0.15, 0.2) is 78.9 Å². The van der Waals surface area contributed by atoms with Crippen LogP contribution in [-0.2, 0) is 14.3 Å².